The van der Waals surface area contributed by atoms with Crippen molar-refractivity contribution < 1.29 is 0 Å². The lowest BCUT2D eigenvalue weighted by Crippen LogP contribution is -2.21. The highest BCUT2D eigenvalue weighted by atomic mass is 35.5. The average Bonchev–Trinajstić information content (AvgIpc) is 2.81. The highest BCUT2D eigenvalue weighted by Gasteiger charge is 2.14. The Morgan fingerprint density at radius 1 is 1.44 bits per heavy atom. The van der Waals surface area contributed by atoms with Crippen molar-refractivity contribution in [2.24, 2.45) is 0 Å². The summed E-state index contributed by atoms with van der Waals surface area (Å²) in [6.45, 7) is 6.29. The number of fused-ring (bicyclic) bond motifs is 1. The van der Waals surface area contributed by atoms with Crippen LogP contribution in [0.15, 0.2) is 6.33 Å². The van der Waals surface area contributed by atoms with E-state index in [1.165, 1.54) is 6.33 Å². The van der Waals surface area contributed by atoms with E-state index >= 15 is 0 Å². The molecule has 2 heterocycles. The summed E-state index contributed by atoms with van der Waals surface area (Å²) in [5.41, 5.74) is 0.907. The van der Waals surface area contributed by atoms with Crippen molar-refractivity contribution in [3.8, 4) is 0 Å². The van der Waals surface area contributed by atoms with Crippen molar-refractivity contribution in [2.45, 2.75) is 46.1 Å². The maximum Gasteiger partial charge on any atom is 0.255 e. The van der Waals surface area contributed by atoms with Gasteiger partial charge in [0.15, 0.2) is 0 Å². The molecule has 0 radical (unpaired) electrons. The Balaban J connectivity index is 2.41. The molecule has 0 saturated carbocycles. The summed E-state index contributed by atoms with van der Waals surface area (Å²) in [6, 6.07) is 0.416. The van der Waals surface area contributed by atoms with Gasteiger partial charge in [-0.15, -0.1) is 0 Å². The fourth-order valence-electron chi connectivity index (χ4n) is 1.99. The topological polar surface area (TPSA) is 55.1 Å². The minimum atomic E-state index is 0.416. The second-order valence-electron chi connectivity index (χ2n) is 4.39. The molecule has 5 nitrogen and oxygen atoms in total. The molecule has 1 atom stereocenters. The van der Waals surface area contributed by atoms with Gasteiger partial charge in [-0.25, -0.2) is 0 Å². The summed E-state index contributed by atoms with van der Waals surface area (Å²) in [6.07, 6.45) is 4.81. The van der Waals surface area contributed by atoms with Gasteiger partial charge in [0.05, 0.1) is 0 Å². The molecule has 0 fully saturated rings. The van der Waals surface area contributed by atoms with Crippen LogP contribution < -0.4 is 5.32 Å². The number of aromatic nitrogens is 4. The van der Waals surface area contributed by atoms with Crippen LogP contribution in [0.3, 0.4) is 0 Å². The van der Waals surface area contributed by atoms with E-state index in [1.54, 1.807) is 4.52 Å². The third-order valence-corrected chi connectivity index (χ3v) is 3.44. The smallest absolute Gasteiger partial charge is 0.255 e. The number of hydrogen-bond acceptors (Lipinski definition) is 4. The molecule has 0 aliphatic carbocycles. The van der Waals surface area contributed by atoms with Gasteiger partial charge < -0.3 is 5.32 Å². The van der Waals surface area contributed by atoms with Crippen molar-refractivity contribution in [1.82, 2.24) is 19.6 Å². The number of nitrogens with zero attached hydrogens (tertiary/aromatic N) is 4. The van der Waals surface area contributed by atoms with Crippen molar-refractivity contribution in [1.29, 1.82) is 0 Å². The van der Waals surface area contributed by atoms with E-state index < -0.39 is 0 Å². The molecule has 0 bridgehead atoms. The molecular formula is C12H18ClN5. The molecule has 6 heteroatoms. The van der Waals surface area contributed by atoms with Crippen LogP contribution in [0.2, 0.25) is 5.15 Å². The van der Waals surface area contributed by atoms with Crippen LogP contribution in [0.25, 0.3) is 5.78 Å². The Hall–Kier alpha value is -1.36. The van der Waals surface area contributed by atoms with E-state index in [0.717, 1.165) is 30.6 Å². The molecule has 2 aromatic rings. The predicted octanol–water partition coefficient (Wildman–Crippen LogP) is 3.08. The standard InChI is InChI=1S/C12H18ClN5/c1-4-6-9(5-2)16-11-8(3)10(13)17-12-14-7-15-18(11)12/h7,9,16H,4-6H2,1-3H3. The largest absolute Gasteiger partial charge is 0.367 e. The van der Waals surface area contributed by atoms with Gasteiger partial charge in [0.2, 0.25) is 0 Å². The first-order valence-electron chi connectivity index (χ1n) is 6.29. The predicted molar refractivity (Wildman–Crippen MR) is 73.1 cm³/mol. The first kappa shape index (κ1) is 13.1. The van der Waals surface area contributed by atoms with Gasteiger partial charge in [0.1, 0.15) is 17.3 Å². The SMILES string of the molecule is CCCC(CC)Nc1c(C)c(Cl)nc2ncnn12. The molecule has 98 valence electrons. The summed E-state index contributed by atoms with van der Waals surface area (Å²) in [5, 5.41) is 8.17. The summed E-state index contributed by atoms with van der Waals surface area (Å²) in [7, 11) is 0. The molecular weight excluding hydrogens is 250 g/mol. The zero-order valence-electron chi connectivity index (χ0n) is 10.9. The van der Waals surface area contributed by atoms with E-state index in [-0.39, 0.29) is 0 Å². The van der Waals surface area contributed by atoms with Gasteiger partial charge >= 0.3 is 0 Å². The molecule has 2 aromatic heterocycles. The molecule has 0 aromatic carbocycles. The molecule has 1 unspecified atom stereocenters. The average molecular weight is 268 g/mol. The second-order valence-corrected chi connectivity index (χ2v) is 4.74. The van der Waals surface area contributed by atoms with Gasteiger partial charge in [-0.2, -0.15) is 19.6 Å². The Bertz CT molecular complexity index is 536. The maximum atomic E-state index is 6.12. The van der Waals surface area contributed by atoms with Gasteiger partial charge in [-0.1, -0.05) is 31.9 Å². The monoisotopic (exact) mass is 267 g/mol. The lowest BCUT2D eigenvalue weighted by atomic mass is 10.1. The second kappa shape index (κ2) is 5.52. The molecule has 0 saturated heterocycles. The van der Waals surface area contributed by atoms with Crippen LogP contribution in [0.4, 0.5) is 5.82 Å². The van der Waals surface area contributed by atoms with Crippen LogP contribution in [0.1, 0.15) is 38.7 Å². The lowest BCUT2D eigenvalue weighted by Gasteiger charge is -2.19. The molecule has 18 heavy (non-hydrogen) atoms. The maximum absolute atomic E-state index is 6.12. The van der Waals surface area contributed by atoms with Crippen LogP contribution in [-0.4, -0.2) is 25.6 Å². The third kappa shape index (κ3) is 2.41. The highest BCUT2D eigenvalue weighted by Crippen LogP contribution is 2.23. The van der Waals surface area contributed by atoms with Gasteiger partial charge in [-0.05, 0) is 19.8 Å². The van der Waals surface area contributed by atoms with E-state index in [2.05, 4.69) is 34.2 Å². The number of rotatable bonds is 5. The van der Waals surface area contributed by atoms with Crippen molar-refractivity contribution in [2.75, 3.05) is 5.32 Å². The summed E-state index contributed by atoms with van der Waals surface area (Å²) in [4.78, 5) is 8.27. The first-order chi connectivity index (χ1) is 8.67. The molecule has 1 N–H and O–H groups in total. The quantitative estimate of drug-likeness (QED) is 0.846. The number of nitrogens with one attached hydrogen (secondary N) is 1. The van der Waals surface area contributed by atoms with Crippen LogP contribution in [-0.2, 0) is 0 Å². The van der Waals surface area contributed by atoms with Crippen LogP contribution in [0, 0.1) is 6.92 Å². The lowest BCUT2D eigenvalue weighted by molar-refractivity contribution is 0.616. The minimum Gasteiger partial charge on any atom is -0.367 e. The fraction of sp³-hybridized carbons (Fsp3) is 0.583. The summed E-state index contributed by atoms with van der Waals surface area (Å²) < 4.78 is 1.71. The van der Waals surface area contributed by atoms with Crippen molar-refractivity contribution in [3.05, 3.63) is 17.0 Å². The Kier molecular flexibility index (Phi) is 4.01. The molecule has 0 aliphatic heterocycles. The Morgan fingerprint density at radius 2 is 2.22 bits per heavy atom. The molecule has 2 rings (SSSR count). The molecule has 0 aliphatic rings. The minimum absolute atomic E-state index is 0.416. The number of halogens is 1. The first-order valence-corrected chi connectivity index (χ1v) is 6.67. The van der Waals surface area contributed by atoms with E-state index in [9.17, 15) is 0 Å². The van der Waals surface area contributed by atoms with E-state index in [0.29, 0.717) is 17.0 Å². The van der Waals surface area contributed by atoms with Gasteiger partial charge in [0, 0.05) is 11.6 Å². The number of anilines is 1. The summed E-state index contributed by atoms with van der Waals surface area (Å²) >= 11 is 6.12. The third-order valence-electron chi connectivity index (χ3n) is 3.08. The fourth-order valence-corrected chi connectivity index (χ4v) is 2.15. The van der Waals surface area contributed by atoms with Crippen LogP contribution >= 0.6 is 11.6 Å². The zero-order valence-corrected chi connectivity index (χ0v) is 11.7. The number of hydrogen-bond donors (Lipinski definition) is 1. The summed E-state index contributed by atoms with van der Waals surface area (Å²) in [5.74, 6) is 1.42. The highest BCUT2D eigenvalue weighted by molar-refractivity contribution is 6.30. The Morgan fingerprint density at radius 3 is 2.89 bits per heavy atom. The van der Waals surface area contributed by atoms with Gasteiger partial charge in [0.25, 0.3) is 5.78 Å². The normalized spacial score (nSPS) is 12.9. The van der Waals surface area contributed by atoms with Crippen molar-refractivity contribution in [3.63, 3.8) is 0 Å². The van der Waals surface area contributed by atoms with Gasteiger partial charge in [-0.3, -0.25) is 0 Å². The molecule has 0 spiro atoms. The van der Waals surface area contributed by atoms with Crippen LogP contribution in [0.5, 0.6) is 0 Å². The Labute approximate surface area is 112 Å². The van der Waals surface area contributed by atoms with E-state index in [4.69, 9.17) is 11.6 Å². The van der Waals surface area contributed by atoms with E-state index in [1.807, 2.05) is 6.92 Å². The van der Waals surface area contributed by atoms with Crippen molar-refractivity contribution >= 4 is 23.2 Å². The zero-order chi connectivity index (χ0) is 13.1. The molecule has 0 amide bonds.